The van der Waals surface area contributed by atoms with E-state index in [9.17, 15) is 13.2 Å². The molecule has 0 unspecified atom stereocenters. The molecular weight excluding hydrogens is 402 g/mol. The van der Waals surface area contributed by atoms with Crippen molar-refractivity contribution in [1.82, 2.24) is 0 Å². The monoisotopic (exact) mass is 443 g/mol. The Balaban J connectivity index is 0.000000642. The third-order valence-electron chi connectivity index (χ3n) is 4.75. The highest BCUT2D eigenvalue weighted by atomic mass is 32.2. The van der Waals surface area contributed by atoms with Crippen molar-refractivity contribution in [2.45, 2.75) is 95.8 Å². The molecule has 6 nitrogen and oxygen atoms in total. The van der Waals surface area contributed by atoms with Crippen molar-refractivity contribution in [3.05, 3.63) is 29.8 Å². The van der Waals surface area contributed by atoms with Gasteiger partial charge in [0.05, 0.1) is 18.0 Å². The largest absolute Gasteiger partial charge is 0.465 e. The topological polar surface area (TPSA) is 107 Å². The lowest BCUT2D eigenvalue weighted by Gasteiger charge is -2.04. The van der Waals surface area contributed by atoms with Crippen LogP contribution in [0.15, 0.2) is 29.2 Å². The summed E-state index contributed by atoms with van der Waals surface area (Å²) in [4.78, 5) is 10.7. The third-order valence-corrected chi connectivity index (χ3v) is 5.61. The molecule has 1 aromatic carbocycles. The summed E-state index contributed by atoms with van der Waals surface area (Å²) in [5, 5.41) is 0. The van der Waals surface area contributed by atoms with E-state index in [4.69, 9.17) is 15.0 Å². The fourth-order valence-corrected chi connectivity index (χ4v) is 3.38. The van der Waals surface area contributed by atoms with Gasteiger partial charge in [0.25, 0.3) is 10.1 Å². The molecule has 0 aliphatic carbocycles. The smallest absolute Gasteiger partial charge is 0.319 e. The van der Waals surface area contributed by atoms with Crippen LogP contribution in [0.1, 0.15) is 89.5 Å². The Morgan fingerprint density at radius 2 is 1.30 bits per heavy atom. The Hall–Kier alpha value is -1.44. The number of aryl methyl sites for hydroxylation is 1. The highest BCUT2D eigenvalue weighted by Crippen LogP contribution is 2.12. The summed E-state index contributed by atoms with van der Waals surface area (Å²) in [6.45, 7) is 4.64. The van der Waals surface area contributed by atoms with Crippen molar-refractivity contribution in [3.8, 4) is 0 Å². The zero-order valence-corrected chi connectivity index (χ0v) is 19.6. The maximum atomic E-state index is 10.8. The summed E-state index contributed by atoms with van der Waals surface area (Å²) in [5.74, 6) is -0.289. The summed E-state index contributed by atoms with van der Waals surface area (Å²) >= 11 is 0. The molecule has 0 spiro atoms. The van der Waals surface area contributed by atoms with E-state index in [0.717, 1.165) is 18.4 Å². The molecule has 0 atom stereocenters. The first-order valence-corrected chi connectivity index (χ1v) is 12.6. The minimum Gasteiger partial charge on any atom is -0.465 e. The first-order valence-electron chi connectivity index (χ1n) is 11.2. The number of rotatable bonds is 15. The van der Waals surface area contributed by atoms with Gasteiger partial charge in [-0.15, -0.1) is 0 Å². The van der Waals surface area contributed by atoms with Crippen LogP contribution in [0.5, 0.6) is 0 Å². The zero-order valence-electron chi connectivity index (χ0n) is 18.8. The van der Waals surface area contributed by atoms with E-state index in [0.29, 0.717) is 6.61 Å². The van der Waals surface area contributed by atoms with Gasteiger partial charge < -0.3 is 10.5 Å². The maximum absolute atomic E-state index is 10.8. The van der Waals surface area contributed by atoms with Gasteiger partial charge >= 0.3 is 5.97 Å². The number of nitrogens with two attached hydrogens (primary N) is 1. The van der Waals surface area contributed by atoms with Crippen LogP contribution in [0.25, 0.3) is 0 Å². The number of carbonyl (C=O) groups is 1. The number of esters is 1. The fourth-order valence-electron chi connectivity index (χ4n) is 2.90. The van der Waals surface area contributed by atoms with Gasteiger partial charge in [-0.2, -0.15) is 8.42 Å². The van der Waals surface area contributed by atoms with Crippen molar-refractivity contribution in [3.63, 3.8) is 0 Å². The third kappa shape index (κ3) is 17.4. The van der Waals surface area contributed by atoms with E-state index in [1.54, 1.807) is 12.1 Å². The molecule has 0 saturated heterocycles. The van der Waals surface area contributed by atoms with Crippen molar-refractivity contribution in [1.29, 1.82) is 0 Å². The standard InChI is InChI=1S/C16H33NO2.C7H8O3S/c1-2-3-4-5-6-7-8-9-10-11-12-13-14-19-16(18)15-17;1-6-2-4-7(5-3-6)11(8,9)10/h2-15,17H2,1H3;2-5H,1H3,(H,8,9,10). The summed E-state index contributed by atoms with van der Waals surface area (Å²) in [6, 6.07) is 5.99. The molecule has 0 heterocycles. The quantitative estimate of drug-likeness (QED) is 0.213. The van der Waals surface area contributed by atoms with Gasteiger partial charge in [-0.05, 0) is 25.5 Å². The first kappa shape index (κ1) is 28.6. The van der Waals surface area contributed by atoms with E-state index in [1.165, 1.54) is 76.3 Å². The minimum atomic E-state index is -4.02. The second kappa shape index (κ2) is 18.3. The molecule has 1 rings (SSSR count). The molecule has 3 N–H and O–H groups in total. The molecular formula is C23H41NO5S. The number of ether oxygens (including phenoxy) is 1. The molecule has 174 valence electrons. The predicted molar refractivity (Wildman–Crippen MR) is 122 cm³/mol. The molecule has 0 bridgehead atoms. The summed E-state index contributed by atoms with van der Waals surface area (Å²) in [6.07, 6.45) is 15.8. The molecule has 0 aromatic heterocycles. The SMILES string of the molecule is CCCCCCCCCCCCCCOC(=O)CN.Cc1ccc(S(=O)(=O)O)cc1. The van der Waals surface area contributed by atoms with E-state index >= 15 is 0 Å². The van der Waals surface area contributed by atoms with E-state index in [-0.39, 0.29) is 17.4 Å². The number of hydrogen-bond donors (Lipinski definition) is 2. The van der Waals surface area contributed by atoms with Gasteiger partial charge in [0, 0.05) is 0 Å². The van der Waals surface area contributed by atoms with Gasteiger partial charge in [0.2, 0.25) is 0 Å². The van der Waals surface area contributed by atoms with E-state index in [2.05, 4.69) is 6.92 Å². The van der Waals surface area contributed by atoms with Crippen LogP contribution in [0.2, 0.25) is 0 Å². The van der Waals surface area contributed by atoms with Crippen LogP contribution in [-0.2, 0) is 19.6 Å². The molecule has 0 aliphatic rings. The highest BCUT2D eigenvalue weighted by molar-refractivity contribution is 7.85. The van der Waals surface area contributed by atoms with Crippen molar-refractivity contribution >= 4 is 16.1 Å². The second-order valence-corrected chi connectivity index (χ2v) is 9.02. The van der Waals surface area contributed by atoms with Gasteiger partial charge in [0.15, 0.2) is 0 Å². The number of benzene rings is 1. The van der Waals surface area contributed by atoms with Crippen molar-refractivity contribution in [2.24, 2.45) is 5.73 Å². The Morgan fingerprint density at radius 1 is 0.867 bits per heavy atom. The van der Waals surface area contributed by atoms with Crippen molar-refractivity contribution < 1.29 is 22.5 Å². The molecule has 0 saturated carbocycles. The van der Waals surface area contributed by atoms with Crippen LogP contribution in [0, 0.1) is 6.92 Å². The number of hydrogen-bond acceptors (Lipinski definition) is 5. The summed E-state index contributed by atoms with van der Waals surface area (Å²) < 4.78 is 34.5. The molecule has 7 heteroatoms. The molecule has 30 heavy (non-hydrogen) atoms. The first-order chi connectivity index (χ1) is 14.3. The highest BCUT2D eigenvalue weighted by Gasteiger charge is 2.06. The Kier molecular flexibility index (Phi) is 17.5. The lowest BCUT2D eigenvalue weighted by atomic mass is 10.1. The zero-order chi connectivity index (χ0) is 22.7. The minimum absolute atomic E-state index is 0.00173. The van der Waals surface area contributed by atoms with E-state index < -0.39 is 10.1 Å². The molecule has 0 amide bonds. The predicted octanol–water partition coefficient (Wildman–Crippen LogP) is 5.43. The van der Waals surface area contributed by atoms with E-state index in [1.807, 2.05) is 6.92 Å². The van der Waals surface area contributed by atoms with Crippen LogP contribution in [-0.4, -0.2) is 32.1 Å². The van der Waals surface area contributed by atoms with Crippen LogP contribution >= 0.6 is 0 Å². The molecule has 0 fully saturated rings. The average molecular weight is 444 g/mol. The Bertz CT molecular complexity index is 644. The normalized spacial score (nSPS) is 10.9. The van der Waals surface area contributed by atoms with Gasteiger partial charge in [-0.1, -0.05) is 95.2 Å². The summed E-state index contributed by atoms with van der Waals surface area (Å²) in [7, 11) is -4.02. The maximum Gasteiger partial charge on any atom is 0.319 e. The average Bonchev–Trinajstić information content (AvgIpc) is 2.71. The van der Waals surface area contributed by atoms with Gasteiger partial charge in [0.1, 0.15) is 0 Å². The molecule has 0 aliphatic heterocycles. The number of carbonyl (C=O) groups excluding carboxylic acids is 1. The van der Waals surface area contributed by atoms with Crippen LogP contribution in [0.4, 0.5) is 0 Å². The second-order valence-electron chi connectivity index (χ2n) is 7.60. The van der Waals surface area contributed by atoms with Crippen LogP contribution < -0.4 is 5.73 Å². The molecule has 0 radical (unpaired) electrons. The van der Waals surface area contributed by atoms with Gasteiger partial charge in [-0.3, -0.25) is 9.35 Å². The lowest BCUT2D eigenvalue weighted by molar-refractivity contribution is -0.142. The fraction of sp³-hybridized carbons (Fsp3) is 0.696. The Labute approximate surface area is 183 Å². The lowest BCUT2D eigenvalue weighted by Crippen LogP contribution is -2.17. The van der Waals surface area contributed by atoms with Crippen molar-refractivity contribution in [2.75, 3.05) is 13.2 Å². The van der Waals surface area contributed by atoms with Crippen LogP contribution in [0.3, 0.4) is 0 Å². The Morgan fingerprint density at radius 3 is 1.70 bits per heavy atom. The number of unbranched alkanes of at least 4 members (excludes halogenated alkanes) is 11. The summed E-state index contributed by atoms with van der Waals surface area (Å²) in [5.41, 5.74) is 6.10. The molecule has 1 aromatic rings. The van der Waals surface area contributed by atoms with Gasteiger partial charge in [-0.25, -0.2) is 0 Å².